The molecule has 1 aromatic carbocycles. The number of rotatable bonds is 3. The second-order valence-corrected chi connectivity index (χ2v) is 7.14. The summed E-state index contributed by atoms with van der Waals surface area (Å²) in [7, 11) is 0. The van der Waals surface area contributed by atoms with Crippen LogP contribution in [0.4, 0.5) is 5.82 Å². The maximum atomic E-state index is 11.3. The van der Waals surface area contributed by atoms with Crippen molar-refractivity contribution in [2.75, 3.05) is 18.0 Å². The summed E-state index contributed by atoms with van der Waals surface area (Å²) >= 11 is 12.6. The number of nitrogens with zero attached hydrogens (tertiary/aromatic N) is 4. The molecule has 0 bridgehead atoms. The lowest BCUT2D eigenvalue weighted by molar-refractivity contribution is -0.119. The summed E-state index contributed by atoms with van der Waals surface area (Å²) in [6.45, 7) is 3.06. The zero-order valence-electron chi connectivity index (χ0n) is 14.1. The van der Waals surface area contributed by atoms with Crippen molar-refractivity contribution in [3.05, 3.63) is 47.0 Å². The normalized spacial score (nSPS) is 17.0. The molecule has 0 radical (unpaired) electrons. The molecular formula is C18H17Cl2N5O. The highest BCUT2D eigenvalue weighted by Crippen LogP contribution is 2.35. The molecule has 6 nitrogen and oxygen atoms in total. The molecule has 3 aromatic rings. The number of hydrogen-bond acceptors (Lipinski definition) is 4. The van der Waals surface area contributed by atoms with Crippen molar-refractivity contribution in [3.63, 3.8) is 0 Å². The molecule has 1 fully saturated rings. The van der Waals surface area contributed by atoms with Crippen LogP contribution < -0.4 is 10.2 Å². The third-order valence-electron chi connectivity index (χ3n) is 4.54. The Morgan fingerprint density at radius 2 is 2.19 bits per heavy atom. The number of imidazole rings is 1. The monoisotopic (exact) mass is 389 g/mol. The Labute approximate surface area is 160 Å². The van der Waals surface area contributed by atoms with Crippen molar-refractivity contribution in [1.29, 1.82) is 0 Å². The number of benzene rings is 1. The summed E-state index contributed by atoms with van der Waals surface area (Å²) in [5, 5.41) is 4.78. The molecule has 0 saturated carbocycles. The van der Waals surface area contributed by atoms with E-state index in [1.807, 2.05) is 22.9 Å². The third kappa shape index (κ3) is 3.10. The van der Waals surface area contributed by atoms with Crippen molar-refractivity contribution in [3.8, 4) is 5.69 Å². The highest BCUT2D eigenvalue weighted by atomic mass is 35.5. The molecule has 2 aromatic heterocycles. The van der Waals surface area contributed by atoms with Gasteiger partial charge in [0.1, 0.15) is 5.82 Å². The van der Waals surface area contributed by atoms with Gasteiger partial charge in [-0.2, -0.15) is 0 Å². The largest absolute Gasteiger partial charge is 0.354 e. The van der Waals surface area contributed by atoms with E-state index >= 15 is 0 Å². The number of carbonyl (C=O) groups is 1. The van der Waals surface area contributed by atoms with E-state index in [9.17, 15) is 4.79 Å². The van der Waals surface area contributed by atoms with E-state index in [1.54, 1.807) is 18.6 Å². The van der Waals surface area contributed by atoms with Gasteiger partial charge in [-0.1, -0.05) is 23.2 Å². The molecule has 4 rings (SSSR count). The van der Waals surface area contributed by atoms with E-state index < -0.39 is 0 Å². The maximum Gasteiger partial charge on any atom is 0.217 e. The lowest BCUT2D eigenvalue weighted by Gasteiger charge is -2.20. The Morgan fingerprint density at radius 3 is 2.92 bits per heavy atom. The third-order valence-corrected chi connectivity index (χ3v) is 5.33. The number of halogens is 2. The number of hydrogen-bond donors (Lipinski definition) is 1. The average Bonchev–Trinajstić information content (AvgIpc) is 3.29. The molecule has 134 valence electrons. The molecular weight excluding hydrogens is 373 g/mol. The van der Waals surface area contributed by atoms with E-state index in [4.69, 9.17) is 28.2 Å². The Bertz CT molecular complexity index is 973. The van der Waals surface area contributed by atoms with E-state index in [-0.39, 0.29) is 11.9 Å². The van der Waals surface area contributed by atoms with Crippen molar-refractivity contribution >= 4 is 45.8 Å². The second-order valence-electron chi connectivity index (χ2n) is 6.36. The van der Waals surface area contributed by atoms with Crippen LogP contribution in [0.1, 0.15) is 13.3 Å². The molecule has 0 aliphatic carbocycles. The van der Waals surface area contributed by atoms with Gasteiger partial charge in [0.05, 0.1) is 27.6 Å². The summed E-state index contributed by atoms with van der Waals surface area (Å²) in [5.41, 5.74) is 1.59. The second kappa shape index (κ2) is 6.78. The molecule has 1 unspecified atom stereocenters. The topological polar surface area (TPSA) is 63.1 Å². The predicted molar refractivity (Wildman–Crippen MR) is 103 cm³/mol. The molecule has 8 heteroatoms. The number of fused-ring (bicyclic) bond motifs is 1. The maximum absolute atomic E-state index is 11.3. The smallest absolute Gasteiger partial charge is 0.217 e. The minimum Gasteiger partial charge on any atom is -0.354 e. The van der Waals surface area contributed by atoms with Gasteiger partial charge < -0.3 is 14.8 Å². The summed E-state index contributed by atoms with van der Waals surface area (Å²) in [6, 6.07) is 5.83. The van der Waals surface area contributed by atoms with Crippen LogP contribution >= 0.6 is 23.2 Å². The standard InChI is InChI=1S/C18H17Cl2N5O/c1-11(26)22-12-4-6-24(9-12)16-8-15(25-7-5-21-10-25)13-2-3-14(19)17(20)18(13)23-16/h2-3,5,7-8,10,12H,4,6,9H2,1H3,(H,22,26). The summed E-state index contributed by atoms with van der Waals surface area (Å²) in [5.74, 6) is 0.787. The van der Waals surface area contributed by atoms with Crippen LogP contribution in [0.25, 0.3) is 16.6 Å². The van der Waals surface area contributed by atoms with Gasteiger partial charge >= 0.3 is 0 Å². The minimum atomic E-state index is -0.0164. The molecule has 0 spiro atoms. The molecule has 1 amide bonds. The fourth-order valence-electron chi connectivity index (χ4n) is 3.35. The number of pyridine rings is 1. The summed E-state index contributed by atoms with van der Waals surface area (Å²) < 4.78 is 1.93. The van der Waals surface area contributed by atoms with Gasteiger partial charge in [0.25, 0.3) is 0 Å². The molecule has 1 atom stereocenters. The fourth-order valence-corrected chi connectivity index (χ4v) is 3.71. The molecule has 1 N–H and O–H groups in total. The Hall–Kier alpha value is -2.31. The highest BCUT2D eigenvalue weighted by molar-refractivity contribution is 6.45. The van der Waals surface area contributed by atoms with Gasteiger partial charge in [-0.25, -0.2) is 9.97 Å². The van der Waals surface area contributed by atoms with Crippen molar-refractivity contribution in [1.82, 2.24) is 19.9 Å². The van der Waals surface area contributed by atoms with Crippen LogP contribution in [0.5, 0.6) is 0 Å². The molecule has 1 aliphatic rings. The van der Waals surface area contributed by atoms with E-state index in [1.165, 1.54) is 6.92 Å². The number of amides is 1. The van der Waals surface area contributed by atoms with Gasteiger partial charge in [-0.15, -0.1) is 0 Å². The fraction of sp³-hybridized carbons (Fsp3) is 0.278. The van der Waals surface area contributed by atoms with E-state index in [0.29, 0.717) is 22.1 Å². The summed E-state index contributed by atoms with van der Waals surface area (Å²) in [6.07, 6.45) is 6.23. The Balaban J connectivity index is 1.81. The Kier molecular flexibility index (Phi) is 4.46. The zero-order valence-corrected chi connectivity index (χ0v) is 15.6. The van der Waals surface area contributed by atoms with Gasteiger partial charge in [0.2, 0.25) is 5.91 Å². The summed E-state index contributed by atoms with van der Waals surface area (Å²) in [4.78, 5) is 22.4. The van der Waals surface area contributed by atoms with Crippen LogP contribution in [0, 0.1) is 0 Å². The minimum absolute atomic E-state index is 0.0164. The van der Waals surface area contributed by atoms with Crippen LogP contribution in [0.3, 0.4) is 0 Å². The van der Waals surface area contributed by atoms with Crippen molar-refractivity contribution in [2.24, 2.45) is 0 Å². The number of nitrogens with one attached hydrogen (secondary N) is 1. The van der Waals surface area contributed by atoms with E-state index in [0.717, 1.165) is 29.9 Å². The number of carbonyl (C=O) groups excluding carboxylic acids is 1. The Morgan fingerprint density at radius 1 is 1.35 bits per heavy atom. The van der Waals surface area contributed by atoms with Gasteiger partial charge in [0, 0.05) is 49.9 Å². The lowest BCUT2D eigenvalue weighted by Crippen LogP contribution is -2.35. The first-order valence-corrected chi connectivity index (χ1v) is 9.07. The number of aromatic nitrogens is 3. The van der Waals surface area contributed by atoms with Gasteiger partial charge in [-0.3, -0.25) is 4.79 Å². The van der Waals surface area contributed by atoms with E-state index in [2.05, 4.69) is 15.2 Å². The zero-order chi connectivity index (χ0) is 18.3. The molecule has 26 heavy (non-hydrogen) atoms. The predicted octanol–water partition coefficient (Wildman–Crippen LogP) is 3.44. The quantitative estimate of drug-likeness (QED) is 0.744. The average molecular weight is 390 g/mol. The molecule has 3 heterocycles. The van der Waals surface area contributed by atoms with Gasteiger partial charge in [-0.05, 0) is 18.6 Å². The van der Waals surface area contributed by atoms with Gasteiger partial charge in [0.15, 0.2) is 0 Å². The molecule has 1 saturated heterocycles. The van der Waals surface area contributed by atoms with Crippen molar-refractivity contribution < 1.29 is 4.79 Å². The molecule has 1 aliphatic heterocycles. The first-order valence-electron chi connectivity index (χ1n) is 8.32. The van der Waals surface area contributed by atoms with Crippen molar-refractivity contribution in [2.45, 2.75) is 19.4 Å². The van der Waals surface area contributed by atoms with Crippen LogP contribution in [-0.4, -0.2) is 39.6 Å². The highest BCUT2D eigenvalue weighted by Gasteiger charge is 2.25. The lowest BCUT2D eigenvalue weighted by atomic mass is 10.1. The number of anilines is 1. The first kappa shape index (κ1) is 17.1. The first-order chi connectivity index (χ1) is 12.5. The van der Waals surface area contributed by atoms with Crippen LogP contribution in [0.15, 0.2) is 36.9 Å². The van der Waals surface area contributed by atoms with Crippen LogP contribution in [0.2, 0.25) is 10.0 Å². The van der Waals surface area contributed by atoms with Crippen LogP contribution in [-0.2, 0) is 4.79 Å². The SMILES string of the molecule is CC(=O)NC1CCN(c2cc(-n3ccnc3)c3ccc(Cl)c(Cl)c3n2)C1.